The number of anilines is 1. The molecule has 3 fully saturated rings. The normalized spacial score (nSPS) is 23.1. The van der Waals surface area contributed by atoms with Gasteiger partial charge in [0.15, 0.2) is 0 Å². The standard InChI is InChI=1S/C19H29N3.2ClH/c1-2-13-21(12-1)18-8-6-17(7-9-18)19(16-4-3-5-16)22-14-10-20-11-15-22;;/h6-9,16,19-20H,1-5,10-15H2;2*1H/t19-;;/m0../s1. The molecule has 0 aromatic heterocycles. The molecular formula is C19H31Cl2N3. The Hall–Kier alpha value is -0.480. The van der Waals surface area contributed by atoms with Crippen molar-refractivity contribution in [3.63, 3.8) is 0 Å². The van der Waals surface area contributed by atoms with Crippen molar-refractivity contribution in [1.29, 1.82) is 0 Å². The molecule has 1 atom stereocenters. The van der Waals surface area contributed by atoms with Gasteiger partial charge in [0.1, 0.15) is 0 Å². The van der Waals surface area contributed by atoms with Gasteiger partial charge in [-0.25, -0.2) is 0 Å². The Labute approximate surface area is 159 Å². The molecule has 2 heterocycles. The number of rotatable bonds is 4. The number of piperazine rings is 1. The summed E-state index contributed by atoms with van der Waals surface area (Å²) in [6.45, 7) is 7.18. The van der Waals surface area contributed by atoms with E-state index in [0.29, 0.717) is 6.04 Å². The van der Waals surface area contributed by atoms with E-state index >= 15 is 0 Å². The average Bonchev–Trinajstić information content (AvgIpc) is 3.06. The lowest BCUT2D eigenvalue weighted by atomic mass is 9.76. The highest BCUT2D eigenvalue weighted by Crippen LogP contribution is 2.41. The molecule has 2 saturated heterocycles. The second-order valence-corrected chi connectivity index (χ2v) is 7.21. The topological polar surface area (TPSA) is 18.5 Å². The van der Waals surface area contributed by atoms with Crippen molar-refractivity contribution >= 4 is 30.5 Å². The summed E-state index contributed by atoms with van der Waals surface area (Å²) in [7, 11) is 0. The molecule has 1 N–H and O–H groups in total. The Kier molecular flexibility index (Phi) is 7.67. The molecule has 4 rings (SSSR count). The third-order valence-electron chi connectivity index (χ3n) is 5.85. The fraction of sp³-hybridized carbons (Fsp3) is 0.684. The van der Waals surface area contributed by atoms with E-state index in [1.54, 1.807) is 5.56 Å². The quantitative estimate of drug-likeness (QED) is 0.866. The summed E-state index contributed by atoms with van der Waals surface area (Å²) >= 11 is 0. The molecule has 0 spiro atoms. The second-order valence-electron chi connectivity index (χ2n) is 7.21. The zero-order valence-corrected chi connectivity index (χ0v) is 16.1. The predicted molar refractivity (Wildman–Crippen MR) is 107 cm³/mol. The van der Waals surface area contributed by atoms with E-state index in [4.69, 9.17) is 0 Å². The van der Waals surface area contributed by atoms with Crippen LogP contribution < -0.4 is 10.2 Å². The largest absolute Gasteiger partial charge is 0.372 e. The van der Waals surface area contributed by atoms with Crippen LogP contribution in [0.3, 0.4) is 0 Å². The Bertz CT molecular complexity index is 478. The lowest BCUT2D eigenvalue weighted by Gasteiger charge is -2.43. The second kappa shape index (κ2) is 9.28. The van der Waals surface area contributed by atoms with Gasteiger partial charge >= 0.3 is 0 Å². The van der Waals surface area contributed by atoms with Gasteiger partial charge in [-0.2, -0.15) is 0 Å². The first-order valence-electron chi connectivity index (χ1n) is 9.21. The smallest absolute Gasteiger partial charge is 0.0377 e. The van der Waals surface area contributed by atoms with Crippen LogP contribution in [-0.4, -0.2) is 44.2 Å². The van der Waals surface area contributed by atoms with E-state index in [0.717, 1.165) is 19.0 Å². The van der Waals surface area contributed by atoms with Gasteiger partial charge in [0, 0.05) is 51.0 Å². The lowest BCUT2D eigenvalue weighted by Crippen LogP contribution is -2.47. The van der Waals surface area contributed by atoms with Crippen molar-refractivity contribution in [2.75, 3.05) is 44.2 Å². The summed E-state index contributed by atoms with van der Waals surface area (Å²) in [4.78, 5) is 5.26. The molecule has 0 bridgehead atoms. The molecule has 136 valence electrons. The van der Waals surface area contributed by atoms with E-state index in [2.05, 4.69) is 39.4 Å². The predicted octanol–water partition coefficient (Wildman–Crippen LogP) is 3.88. The Morgan fingerprint density at radius 2 is 1.46 bits per heavy atom. The number of hydrogen-bond donors (Lipinski definition) is 1. The molecule has 3 nitrogen and oxygen atoms in total. The Balaban J connectivity index is 0.00000104. The molecule has 1 aromatic carbocycles. The van der Waals surface area contributed by atoms with Crippen LogP contribution in [0.15, 0.2) is 24.3 Å². The van der Waals surface area contributed by atoms with Gasteiger partial charge in [0.25, 0.3) is 0 Å². The van der Waals surface area contributed by atoms with Gasteiger partial charge < -0.3 is 10.2 Å². The molecule has 24 heavy (non-hydrogen) atoms. The number of halogens is 2. The van der Waals surface area contributed by atoms with Gasteiger partial charge in [-0.05, 0) is 49.3 Å². The first kappa shape index (κ1) is 19.8. The lowest BCUT2D eigenvalue weighted by molar-refractivity contribution is 0.0837. The van der Waals surface area contributed by atoms with E-state index in [1.807, 2.05) is 0 Å². The van der Waals surface area contributed by atoms with Gasteiger partial charge in [-0.3, -0.25) is 4.90 Å². The van der Waals surface area contributed by atoms with Crippen molar-refractivity contribution in [2.24, 2.45) is 5.92 Å². The first-order valence-corrected chi connectivity index (χ1v) is 9.21. The SMILES string of the molecule is Cl.Cl.c1cc(N2CCCC2)ccc1[C@H](C1CCC1)N1CCNCC1. The Morgan fingerprint density at radius 3 is 2.00 bits per heavy atom. The number of benzene rings is 1. The number of nitrogens with zero attached hydrogens (tertiary/aromatic N) is 2. The van der Waals surface area contributed by atoms with Crippen LogP contribution in [0, 0.1) is 5.92 Å². The highest BCUT2D eigenvalue weighted by molar-refractivity contribution is 5.85. The fourth-order valence-corrected chi connectivity index (χ4v) is 4.35. The third kappa shape index (κ3) is 4.19. The minimum Gasteiger partial charge on any atom is -0.372 e. The number of hydrogen-bond acceptors (Lipinski definition) is 3. The molecule has 0 radical (unpaired) electrons. The van der Waals surface area contributed by atoms with Crippen molar-refractivity contribution in [2.45, 2.75) is 38.1 Å². The van der Waals surface area contributed by atoms with Crippen LogP contribution >= 0.6 is 24.8 Å². The first-order chi connectivity index (χ1) is 10.9. The van der Waals surface area contributed by atoms with E-state index in [1.165, 1.54) is 64.0 Å². The zero-order valence-electron chi connectivity index (χ0n) is 14.5. The van der Waals surface area contributed by atoms with Crippen LogP contribution in [-0.2, 0) is 0 Å². The van der Waals surface area contributed by atoms with Gasteiger partial charge in [0.2, 0.25) is 0 Å². The fourth-order valence-electron chi connectivity index (χ4n) is 4.35. The molecule has 3 aliphatic rings. The summed E-state index contributed by atoms with van der Waals surface area (Å²) in [5.74, 6) is 0.885. The molecular weight excluding hydrogens is 341 g/mol. The maximum atomic E-state index is 3.49. The Morgan fingerprint density at radius 1 is 0.833 bits per heavy atom. The van der Waals surface area contributed by atoms with Gasteiger partial charge in [-0.1, -0.05) is 18.6 Å². The van der Waals surface area contributed by atoms with Crippen LogP contribution in [0.2, 0.25) is 0 Å². The highest BCUT2D eigenvalue weighted by Gasteiger charge is 2.33. The molecule has 0 amide bonds. The summed E-state index contributed by atoms with van der Waals surface area (Å²) in [6.07, 6.45) is 6.98. The maximum Gasteiger partial charge on any atom is 0.0377 e. The van der Waals surface area contributed by atoms with E-state index in [-0.39, 0.29) is 24.8 Å². The van der Waals surface area contributed by atoms with E-state index in [9.17, 15) is 0 Å². The highest BCUT2D eigenvalue weighted by atomic mass is 35.5. The van der Waals surface area contributed by atoms with Crippen molar-refractivity contribution in [1.82, 2.24) is 10.2 Å². The van der Waals surface area contributed by atoms with Crippen molar-refractivity contribution in [3.8, 4) is 0 Å². The van der Waals surface area contributed by atoms with Gasteiger partial charge in [0.05, 0.1) is 0 Å². The summed E-state index contributed by atoms with van der Waals surface area (Å²) in [6, 6.07) is 10.2. The van der Waals surface area contributed by atoms with Gasteiger partial charge in [-0.15, -0.1) is 24.8 Å². The molecule has 0 unspecified atom stereocenters. The molecule has 1 aromatic rings. The van der Waals surface area contributed by atoms with Crippen LogP contribution in [0.25, 0.3) is 0 Å². The molecule has 5 heteroatoms. The van der Waals surface area contributed by atoms with Crippen molar-refractivity contribution in [3.05, 3.63) is 29.8 Å². The minimum absolute atomic E-state index is 0. The maximum absolute atomic E-state index is 3.49. The third-order valence-corrected chi connectivity index (χ3v) is 5.85. The summed E-state index contributed by atoms with van der Waals surface area (Å²) < 4.78 is 0. The number of nitrogens with one attached hydrogen (secondary N) is 1. The van der Waals surface area contributed by atoms with E-state index < -0.39 is 0 Å². The molecule has 1 saturated carbocycles. The molecule has 2 aliphatic heterocycles. The van der Waals surface area contributed by atoms with Crippen LogP contribution in [0.1, 0.15) is 43.7 Å². The van der Waals surface area contributed by atoms with Crippen molar-refractivity contribution < 1.29 is 0 Å². The average molecular weight is 372 g/mol. The minimum atomic E-state index is 0. The molecule has 1 aliphatic carbocycles. The van der Waals surface area contributed by atoms with Crippen LogP contribution in [0.5, 0.6) is 0 Å². The summed E-state index contributed by atoms with van der Waals surface area (Å²) in [5.41, 5.74) is 2.98. The zero-order chi connectivity index (χ0) is 14.8. The van der Waals surface area contributed by atoms with Crippen LogP contribution in [0.4, 0.5) is 5.69 Å². The monoisotopic (exact) mass is 371 g/mol. The summed E-state index contributed by atoms with van der Waals surface area (Å²) in [5, 5.41) is 3.49.